The lowest BCUT2D eigenvalue weighted by Crippen LogP contribution is -2.35. The molecule has 0 saturated carbocycles. The fourth-order valence-electron chi connectivity index (χ4n) is 0.807. The number of carbonyl (C=O) groups excluding carboxylic acids is 1. The van der Waals surface area contributed by atoms with E-state index in [9.17, 15) is 14.3 Å². The molecular formula is C9H20NO4P. The van der Waals surface area contributed by atoms with Crippen molar-refractivity contribution in [2.75, 3.05) is 6.61 Å². The molecule has 0 aromatic rings. The average Bonchev–Trinajstić information content (AvgIpc) is 2.13. The summed E-state index contributed by atoms with van der Waals surface area (Å²) in [5.41, 5.74) is -0.418. The number of nitrogens with one attached hydrogen (secondary N) is 1. The molecule has 0 heterocycles. The summed E-state index contributed by atoms with van der Waals surface area (Å²) in [6.45, 7) is 6.98. The minimum atomic E-state index is -3.46. The predicted octanol–water partition coefficient (Wildman–Crippen LogP) is 1.51. The summed E-state index contributed by atoms with van der Waals surface area (Å²) >= 11 is 0. The lowest BCUT2D eigenvalue weighted by atomic mass is 10.4. The summed E-state index contributed by atoms with van der Waals surface area (Å²) in [4.78, 5) is 20.8. The van der Waals surface area contributed by atoms with Crippen molar-refractivity contribution < 1.29 is 19.0 Å². The Labute approximate surface area is 90.7 Å². The standard InChI is InChI=1S/C9H20NO4P/c1-5-6-14-9(11)8(4)10-15(12,13)7(2)3/h7-8H,5-6H2,1-4H3,(H2,10,12,13). The van der Waals surface area contributed by atoms with Gasteiger partial charge in [-0.2, -0.15) is 0 Å². The zero-order valence-electron chi connectivity index (χ0n) is 9.69. The highest BCUT2D eigenvalue weighted by atomic mass is 31.2. The summed E-state index contributed by atoms with van der Waals surface area (Å²) in [5.74, 6) is -0.494. The number of rotatable bonds is 6. The van der Waals surface area contributed by atoms with Gasteiger partial charge in [0, 0.05) is 5.66 Å². The van der Waals surface area contributed by atoms with Gasteiger partial charge in [0.05, 0.1) is 6.61 Å². The van der Waals surface area contributed by atoms with Crippen LogP contribution in [0, 0.1) is 0 Å². The van der Waals surface area contributed by atoms with Crippen molar-refractivity contribution in [3.8, 4) is 0 Å². The van der Waals surface area contributed by atoms with E-state index in [2.05, 4.69) is 5.09 Å². The second-order valence-electron chi connectivity index (χ2n) is 3.73. The van der Waals surface area contributed by atoms with Gasteiger partial charge >= 0.3 is 5.97 Å². The average molecular weight is 237 g/mol. The van der Waals surface area contributed by atoms with Crippen LogP contribution in [-0.2, 0) is 14.1 Å². The molecule has 15 heavy (non-hydrogen) atoms. The summed E-state index contributed by atoms with van der Waals surface area (Å²) in [6, 6.07) is -0.755. The van der Waals surface area contributed by atoms with Crippen molar-refractivity contribution >= 4 is 13.5 Å². The second-order valence-corrected chi connectivity index (χ2v) is 6.27. The van der Waals surface area contributed by atoms with Gasteiger partial charge in [0.1, 0.15) is 6.04 Å². The molecule has 6 heteroatoms. The van der Waals surface area contributed by atoms with Crippen LogP contribution in [0.2, 0.25) is 0 Å². The van der Waals surface area contributed by atoms with Crippen LogP contribution in [0.3, 0.4) is 0 Å². The highest BCUT2D eigenvalue weighted by Gasteiger charge is 2.28. The highest BCUT2D eigenvalue weighted by Crippen LogP contribution is 2.41. The quantitative estimate of drug-likeness (QED) is 0.541. The fraction of sp³-hybridized carbons (Fsp3) is 0.889. The molecule has 0 amide bonds. The third-order valence-electron chi connectivity index (χ3n) is 1.88. The van der Waals surface area contributed by atoms with Crippen LogP contribution in [-0.4, -0.2) is 29.2 Å². The molecule has 0 aliphatic rings. The van der Waals surface area contributed by atoms with E-state index in [0.717, 1.165) is 6.42 Å². The molecule has 0 rings (SSSR count). The first-order chi connectivity index (χ1) is 6.81. The van der Waals surface area contributed by atoms with Crippen LogP contribution in [0.4, 0.5) is 0 Å². The van der Waals surface area contributed by atoms with Crippen molar-refractivity contribution in [3.05, 3.63) is 0 Å². The van der Waals surface area contributed by atoms with Gasteiger partial charge in [-0.05, 0) is 13.3 Å². The molecule has 0 aromatic carbocycles. The van der Waals surface area contributed by atoms with E-state index >= 15 is 0 Å². The van der Waals surface area contributed by atoms with Crippen molar-refractivity contribution in [1.29, 1.82) is 0 Å². The van der Waals surface area contributed by atoms with Crippen molar-refractivity contribution in [2.24, 2.45) is 0 Å². The Morgan fingerprint density at radius 2 is 2.00 bits per heavy atom. The van der Waals surface area contributed by atoms with Crippen molar-refractivity contribution in [1.82, 2.24) is 5.09 Å². The zero-order chi connectivity index (χ0) is 12.1. The Morgan fingerprint density at radius 3 is 2.40 bits per heavy atom. The molecule has 0 spiro atoms. The van der Waals surface area contributed by atoms with Gasteiger partial charge in [0.25, 0.3) is 7.52 Å². The van der Waals surface area contributed by atoms with Gasteiger partial charge in [-0.25, -0.2) is 5.09 Å². The Balaban J connectivity index is 4.18. The Morgan fingerprint density at radius 1 is 1.47 bits per heavy atom. The minimum absolute atomic E-state index is 0.336. The maximum atomic E-state index is 11.5. The van der Waals surface area contributed by atoms with E-state index in [4.69, 9.17) is 4.74 Å². The van der Waals surface area contributed by atoms with Crippen LogP contribution < -0.4 is 5.09 Å². The molecule has 0 bridgehead atoms. The first-order valence-corrected chi connectivity index (χ1v) is 6.81. The summed E-state index contributed by atoms with van der Waals surface area (Å²) < 4.78 is 16.4. The smallest absolute Gasteiger partial charge is 0.323 e. The van der Waals surface area contributed by atoms with E-state index in [1.165, 1.54) is 6.92 Å². The number of hydrogen-bond donors (Lipinski definition) is 2. The molecule has 2 unspecified atom stereocenters. The SMILES string of the molecule is CCCOC(=O)C(C)NP(=O)(O)C(C)C. The Bertz CT molecular complexity index is 254. The van der Waals surface area contributed by atoms with E-state index in [1.54, 1.807) is 13.8 Å². The first-order valence-electron chi connectivity index (χ1n) is 5.08. The third kappa shape index (κ3) is 5.30. The predicted molar refractivity (Wildman–Crippen MR) is 58.8 cm³/mol. The molecular weight excluding hydrogens is 217 g/mol. The first kappa shape index (κ1) is 14.6. The fourth-order valence-corrected chi connectivity index (χ4v) is 1.77. The topological polar surface area (TPSA) is 75.6 Å². The number of hydrogen-bond acceptors (Lipinski definition) is 3. The zero-order valence-corrected chi connectivity index (χ0v) is 10.6. The number of carbonyl (C=O) groups is 1. The Hall–Kier alpha value is -0.380. The van der Waals surface area contributed by atoms with E-state index < -0.39 is 25.2 Å². The van der Waals surface area contributed by atoms with Crippen LogP contribution in [0.25, 0.3) is 0 Å². The third-order valence-corrected chi connectivity index (χ3v) is 4.04. The van der Waals surface area contributed by atoms with E-state index in [-0.39, 0.29) is 0 Å². The lowest BCUT2D eigenvalue weighted by molar-refractivity contribution is -0.145. The summed E-state index contributed by atoms with van der Waals surface area (Å²) in [7, 11) is -3.46. The molecule has 0 aliphatic carbocycles. The van der Waals surface area contributed by atoms with Crippen LogP contribution in [0.5, 0.6) is 0 Å². The molecule has 90 valence electrons. The van der Waals surface area contributed by atoms with Gasteiger partial charge < -0.3 is 9.63 Å². The van der Waals surface area contributed by atoms with Gasteiger partial charge in [0.2, 0.25) is 0 Å². The van der Waals surface area contributed by atoms with Gasteiger partial charge in [-0.1, -0.05) is 20.8 Å². The molecule has 2 N–H and O–H groups in total. The summed E-state index contributed by atoms with van der Waals surface area (Å²) in [6.07, 6.45) is 0.736. The molecule has 2 atom stereocenters. The minimum Gasteiger partial charge on any atom is -0.465 e. The molecule has 0 radical (unpaired) electrons. The van der Waals surface area contributed by atoms with Crippen LogP contribution >= 0.6 is 7.52 Å². The lowest BCUT2D eigenvalue weighted by Gasteiger charge is -2.20. The normalized spacial score (nSPS) is 17.2. The van der Waals surface area contributed by atoms with Crippen LogP contribution in [0.1, 0.15) is 34.1 Å². The van der Waals surface area contributed by atoms with E-state index in [1.807, 2.05) is 6.92 Å². The molecule has 0 saturated heterocycles. The molecule has 0 aliphatic heterocycles. The van der Waals surface area contributed by atoms with Gasteiger partial charge in [0.15, 0.2) is 0 Å². The maximum Gasteiger partial charge on any atom is 0.323 e. The van der Waals surface area contributed by atoms with Gasteiger partial charge in [-0.15, -0.1) is 0 Å². The Kier molecular flexibility index (Phi) is 6.10. The summed E-state index contributed by atoms with van der Waals surface area (Å²) in [5, 5.41) is 2.40. The van der Waals surface area contributed by atoms with E-state index in [0.29, 0.717) is 6.61 Å². The number of ether oxygens (including phenoxy) is 1. The van der Waals surface area contributed by atoms with Crippen LogP contribution in [0.15, 0.2) is 0 Å². The maximum absolute atomic E-state index is 11.5. The highest BCUT2D eigenvalue weighted by molar-refractivity contribution is 7.56. The monoisotopic (exact) mass is 237 g/mol. The molecule has 0 fully saturated rings. The number of esters is 1. The largest absolute Gasteiger partial charge is 0.465 e. The van der Waals surface area contributed by atoms with Crippen molar-refractivity contribution in [3.63, 3.8) is 0 Å². The molecule has 0 aromatic heterocycles. The van der Waals surface area contributed by atoms with Crippen molar-refractivity contribution in [2.45, 2.75) is 45.8 Å². The second kappa shape index (κ2) is 6.26. The van der Waals surface area contributed by atoms with Gasteiger partial charge in [-0.3, -0.25) is 9.36 Å². The molecule has 5 nitrogen and oxygen atoms in total.